The van der Waals surface area contributed by atoms with Gasteiger partial charge in [-0.25, -0.2) is 22.8 Å². The molecular weight excluding hydrogens is 631 g/mol. The Morgan fingerprint density at radius 2 is 1.79 bits per heavy atom. The fourth-order valence-corrected chi connectivity index (χ4v) is 5.76. The van der Waals surface area contributed by atoms with E-state index in [-0.39, 0.29) is 34.4 Å². The molecule has 2 aromatic carbocycles. The number of ether oxygens (including phenoxy) is 2. The summed E-state index contributed by atoms with van der Waals surface area (Å²) >= 11 is 11.6. The second-order valence-electron chi connectivity index (χ2n) is 10.0. The Hall–Kier alpha value is -3.21. The number of aliphatic hydroxyl groups is 2. The van der Waals surface area contributed by atoms with E-state index in [0.29, 0.717) is 10.7 Å². The molecule has 0 spiro atoms. The maximum Gasteiger partial charge on any atom is 0.421 e. The molecule has 17 heteroatoms. The molecule has 0 radical (unpaired) electrons. The highest BCUT2D eigenvalue weighted by molar-refractivity contribution is 6.31. The number of nitrogens with zero attached hydrogens (tertiary/aromatic N) is 5. The van der Waals surface area contributed by atoms with Gasteiger partial charge in [-0.2, -0.15) is 23.4 Å². The number of rotatable bonds is 4. The topological polar surface area (TPSA) is 107 Å². The average Bonchev–Trinajstić information content (AvgIpc) is 3.65. The third kappa shape index (κ3) is 5.07. The number of hydrogen-bond acceptors (Lipinski definition) is 7. The second-order valence-corrected chi connectivity index (χ2v) is 10.9. The van der Waals surface area contributed by atoms with E-state index >= 15 is 0 Å². The Morgan fingerprint density at radius 1 is 1.05 bits per heavy atom. The van der Waals surface area contributed by atoms with Crippen molar-refractivity contribution in [1.82, 2.24) is 24.5 Å². The summed E-state index contributed by atoms with van der Waals surface area (Å²) in [5.41, 5.74) is -2.58. The molecule has 2 fully saturated rings. The monoisotopic (exact) mass is 649 g/mol. The van der Waals surface area contributed by atoms with Gasteiger partial charge >= 0.3 is 6.18 Å². The van der Waals surface area contributed by atoms with Gasteiger partial charge in [0.1, 0.15) is 53.8 Å². The van der Waals surface area contributed by atoms with Crippen LogP contribution in [0.3, 0.4) is 0 Å². The summed E-state index contributed by atoms with van der Waals surface area (Å²) < 4.78 is 98.8. The molecule has 6 rings (SSSR count). The van der Waals surface area contributed by atoms with Crippen LogP contribution >= 0.6 is 23.2 Å². The van der Waals surface area contributed by atoms with E-state index in [4.69, 9.17) is 32.7 Å². The molecule has 9 nitrogen and oxygen atoms in total. The summed E-state index contributed by atoms with van der Waals surface area (Å²) in [4.78, 5) is 4.17. The van der Waals surface area contributed by atoms with Gasteiger partial charge in [-0.05, 0) is 31.2 Å². The summed E-state index contributed by atoms with van der Waals surface area (Å²) in [7, 11) is 0. The van der Waals surface area contributed by atoms with E-state index in [2.05, 4.69) is 15.2 Å². The lowest BCUT2D eigenvalue weighted by atomic mass is 9.91. The average molecular weight is 650 g/mol. The van der Waals surface area contributed by atoms with E-state index in [1.165, 1.54) is 30.1 Å². The summed E-state index contributed by atoms with van der Waals surface area (Å²) in [6.07, 6.45) is -9.33. The minimum Gasteiger partial charge on any atom is -0.388 e. The molecular formula is C26H19Cl2F6N5O4. The zero-order valence-electron chi connectivity index (χ0n) is 21.6. The van der Waals surface area contributed by atoms with Crippen LogP contribution in [0.1, 0.15) is 29.4 Å². The van der Waals surface area contributed by atoms with Gasteiger partial charge in [0.15, 0.2) is 17.5 Å². The van der Waals surface area contributed by atoms with Gasteiger partial charge in [0.05, 0.1) is 23.5 Å². The van der Waals surface area contributed by atoms with Crippen molar-refractivity contribution in [2.75, 3.05) is 6.61 Å². The highest BCUT2D eigenvalue weighted by atomic mass is 35.5. The van der Waals surface area contributed by atoms with Crippen LogP contribution in [0.2, 0.25) is 10.0 Å². The Balaban J connectivity index is 1.45. The van der Waals surface area contributed by atoms with Gasteiger partial charge < -0.3 is 19.7 Å². The number of halogens is 8. The Morgan fingerprint density at radius 3 is 2.51 bits per heavy atom. The normalized spacial score (nSPS) is 25.7. The molecule has 4 aromatic rings. The molecule has 0 aliphatic carbocycles. The molecule has 2 N–H and O–H groups in total. The van der Waals surface area contributed by atoms with E-state index < -0.39 is 76.5 Å². The smallest absolute Gasteiger partial charge is 0.388 e. The summed E-state index contributed by atoms with van der Waals surface area (Å²) in [6.45, 7) is 1.14. The third-order valence-electron chi connectivity index (χ3n) is 7.25. The number of benzene rings is 2. The Labute approximate surface area is 248 Å². The Kier molecular flexibility index (Phi) is 7.46. The van der Waals surface area contributed by atoms with Crippen molar-refractivity contribution < 1.29 is 46.0 Å². The zero-order valence-corrected chi connectivity index (χ0v) is 23.1. The lowest BCUT2D eigenvalue weighted by Gasteiger charge is -2.41. The molecule has 0 saturated carbocycles. The van der Waals surface area contributed by atoms with E-state index in [1.807, 2.05) is 0 Å². The van der Waals surface area contributed by atoms with E-state index in [1.54, 1.807) is 0 Å². The molecule has 43 heavy (non-hydrogen) atoms. The first-order valence-corrected chi connectivity index (χ1v) is 13.3. The summed E-state index contributed by atoms with van der Waals surface area (Å²) in [5, 5.41) is 29.6. The van der Waals surface area contributed by atoms with Crippen LogP contribution in [0.15, 0.2) is 36.7 Å². The second kappa shape index (κ2) is 10.7. The molecule has 2 aliphatic heterocycles. The van der Waals surface area contributed by atoms with Crippen LogP contribution in [0, 0.1) is 24.4 Å². The summed E-state index contributed by atoms with van der Waals surface area (Å²) in [6, 6.07) is 2.55. The van der Waals surface area contributed by atoms with Crippen molar-refractivity contribution >= 4 is 23.2 Å². The highest BCUT2D eigenvalue weighted by Gasteiger charge is 2.55. The van der Waals surface area contributed by atoms with Crippen molar-refractivity contribution in [3.8, 4) is 16.8 Å². The molecule has 6 atom stereocenters. The van der Waals surface area contributed by atoms with Gasteiger partial charge in [-0.15, -0.1) is 0 Å². The fraction of sp³-hybridized carbons (Fsp3) is 0.346. The Bertz CT molecular complexity index is 1720. The molecule has 0 bridgehead atoms. The van der Waals surface area contributed by atoms with Crippen LogP contribution in [0.25, 0.3) is 16.8 Å². The molecule has 2 aliphatic rings. The third-order valence-corrected chi connectivity index (χ3v) is 7.76. The minimum atomic E-state index is -5.17. The van der Waals surface area contributed by atoms with Crippen molar-refractivity contribution in [1.29, 1.82) is 0 Å². The maximum absolute atomic E-state index is 14.6. The number of aryl methyl sites for hydroxylation is 1. The first-order valence-electron chi connectivity index (χ1n) is 12.6. The fourth-order valence-electron chi connectivity index (χ4n) is 5.41. The van der Waals surface area contributed by atoms with Crippen LogP contribution in [0.4, 0.5) is 26.3 Å². The van der Waals surface area contributed by atoms with E-state index in [9.17, 15) is 36.6 Å². The molecule has 228 valence electrons. The van der Waals surface area contributed by atoms with Gasteiger partial charge in [0.25, 0.3) is 0 Å². The molecule has 4 heterocycles. The van der Waals surface area contributed by atoms with Crippen molar-refractivity contribution in [2.45, 2.75) is 49.7 Å². The standard InChI is InChI=1S/C26H19Cl2F6N5O4/c1-9-36-25(39(37-9)15-5-11(27)4-14(29)17(15)26(32,33)34)24-21(41)20(23-22(43-24)16(40)8-42-23)38-7-10(6-35-38)12-2-3-13(28)19(31)18(12)30/h2-7,16,20-24,40-41H,8H2,1H3/t16?,20?,21?,22?,23-,24?/m1/s1. The molecule has 2 saturated heterocycles. The minimum absolute atomic E-state index is 0.0529. The molecule has 5 unspecified atom stereocenters. The number of aliphatic hydroxyl groups excluding tert-OH is 2. The van der Waals surface area contributed by atoms with Crippen LogP contribution < -0.4 is 0 Å². The number of fused-ring (bicyclic) bond motifs is 1. The van der Waals surface area contributed by atoms with Gasteiger partial charge in [-0.3, -0.25) is 4.68 Å². The number of aromatic nitrogens is 5. The number of hydrogen-bond donors (Lipinski definition) is 2. The number of alkyl halides is 3. The van der Waals surface area contributed by atoms with Crippen LogP contribution in [-0.4, -0.2) is 65.8 Å². The van der Waals surface area contributed by atoms with Crippen LogP contribution in [0.5, 0.6) is 0 Å². The van der Waals surface area contributed by atoms with Gasteiger partial charge in [-0.1, -0.05) is 23.2 Å². The van der Waals surface area contributed by atoms with Crippen LogP contribution in [-0.2, 0) is 15.7 Å². The first-order chi connectivity index (χ1) is 20.3. The quantitative estimate of drug-likeness (QED) is 0.237. The SMILES string of the molecule is Cc1nc(C2OC3C(O)CO[C@@H]3C(n3cc(-c4ccc(Cl)c(F)c4F)cn3)C2O)n(-c2cc(Cl)cc(F)c2C(F)(F)F)n1. The van der Waals surface area contributed by atoms with Crippen molar-refractivity contribution in [2.24, 2.45) is 0 Å². The predicted molar refractivity (Wildman–Crippen MR) is 137 cm³/mol. The lowest BCUT2D eigenvalue weighted by Crippen LogP contribution is -2.52. The van der Waals surface area contributed by atoms with E-state index in [0.717, 1.165) is 12.1 Å². The molecule has 0 amide bonds. The van der Waals surface area contributed by atoms with Crippen molar-refractivity contribution in [3.63, 3.8) is 0 Å². The predicted octanol–water partition coefficient (Wildman–Crippen LogP) is 4.98. The van der Waals surface area contributed by atoms with Gasteiger partial charge in [0.2, 0.25) is 0 Å². The van der Waals surface area contributed by atoms with Gasteiger partial charge in [0, 0.05) is 22.3 Å². The maximum atomic E-state index is 14.6. The summed E-state index contributed by atoms with van der Waals surface area (Å²) in [5.74, 6) is -4.58. The highest BCUT2D eigenvalue weighted by Crippen LogP contribution is 2.45. The van der Waals surface area contributed by atoms with Crippen molar-refractivity contribution in [3.05, 3.63) is 81.4 Å². The molecule has 2 aromatic heterocycles. The first kappa shape index (κ1) is 29.8. The zero-order chi connectivity index (χ0) is 31.0. The lowest BCUT2D eigenvalue weighted by molar-refractivity contribution is -0.196. The largest absolute Gasteiger partial charge is 0.421 e.